The number of hydrogen-bond donors (Lipinski definition) is 1. The molecule has 12 heteroatoms. The van der Waals surface area contributed by atoms with Gasteiger partial charge in [0.05, 0.1) is 42.4 Å². The molecule has 1 aliphatic carbocycles. The van der Waals surface area contributed by atoms with Crippen LogP contribution in [0, 0.1) is 11.3 Å². The Morgan fingerprint density at radius 1 is 1.11 bits per heavy atom. The van der Waals surface area contributed by atoms with Gasteiger partial charge in [-0.25, -0.2) is 19.7 Å². The van der Waals surface area contributed by atoms with Gasteiger partial charge in [-0.3, -0.25) is 9.69 Å². The van der Waals surface area contributed by atoms with Crippen LogP contribution in [-0.2, 0) is 11.0 Å². The average Bonchev–Trinajstić information content (AvgIpc) is 3.06. The lowest BCUT2D eigenvalue weighted by Crippen LogP contribution is -2.86. The SMILES string of the molecule is N#Cc1ncc(N2C(=O)N(c3ccc(OC4CC[NH2+]CC4)nc3)C3(CCC3)C2=O)cc1C(F)(F)F. The highest BCUT2D eigenvalue weighted by Gasteiger charge is 2.61. The van der Waals surface area contributed by atoms with Crippen molar-refractivity contribution in [1.82, 2.24) is 9.97 Å². The van der Waals surface area contributed by atoms with Gasteiger partial charge in [0, 0.05) is 18.9 Å². The van der Waals surface area contributed by atoms with E-state index in [1.165, 1.54) is 17.2 Å². The minimum atomic E-state index is -4.87. The number of hydrogen-bond acceptors (Lipinski definition) is 6. The summed E-state index contributed by atoms with van der Waals surface area (Å²) in [6.07, 6.45) is 0.821. The van der Waals surface area contributed by atoms with Crippen LogP contribution in [0.4, 0.5) is 29.3 Å². The van der Waals surface area contributed by atoms with E-state index in [2.05, 4.69) is 15.3 Å². The highest BCUT2D eigenvalue weighted by molar-refractivity contribution is 6.30. The summed E-state index contributed by atoms with van der Waals surface area (Å²) in [5, 5.41) is 11.2. The number of nitrogens with zero attached hydrogens (tertiary/aromatic N) is 5. The molecule has 3 fully saturated rings. The molecular weight excluding hydrogens is 465 g/mol. The maximum atomic E-state index is 13.5. The zero-order valence-electron chi connectivity index (χ0n) is 18.6. The van der Waals surface area contributed by atoms with Crippen molar-refractivity contribution in [2.24, 2.45) is 0 Å². The van der Waals surface area contributed by atoms with Gasteiger partial charge >= 0.3 is 12.2 Å². The van der Waals surface area contributed by atoms with Crippen molar-refractivity contribution >= 4 is 23.3 Å². The quantitative estimate of drug-likeness (QED) is 0.662. The van der Waals surface area contributed by atoms with Gasteiger partial charge in [-0.05, 0) is 31.4 Å². The first-order valence-corrected chi connectivity index (χ1v) is 11.3. The molecule has 3 amide bonds. The van der Waals surface area contributed by atoms with Gasteiger partial charge in [0.15, 0.2) is 5.69 Å². The minimum Gasteiger partial charge on any atom is -0.474 e. The van der Waals surface area contributed by atoms with E-state index in [-0.39, 0.29) is 11.8 Å². The van der Waals surface area contributed by atoms with Crippen molar-refractivity contribution in [3.8, 4) is 11.9 Å². The molecule has 2 saturated heterocycles. The lowest BCUT2D eigenvalue weighted by Gasteiger charge is -2.41. The number of piperidine rings is 1. The highest BCUT2D eigenvalue weighted by atomic mass is 19.4. The van der Waals surface area contributed by atoms with Crippen molar-refractivity contribution in [3.05, 3.63) is 41.9 Å². The third kappa shape index (κ3) is 3.85. The molecule has 1 saturated carbocycles. The number of urea groups is 1. The normalized spacial score (nSPS) is 20.2. The lowest BCUT2D eigenvalue weighted by molar-refractivity contribution is -0.664. The second kappa shape index (κ2) is 8.49. The Labute approximate surface area is 198 Å². The molecule has 2 N–H and O–H groups in total. The minimum absolute atomic E-state index is 0.0634. The van der Waals surface area contributed by atoms with E-state index in [1.807, 2.05) is 0 Å². The van der Waals surface area contributed by atoms with Crippen molar-refractivity contribution < 1.29 is 32.8 Å². The molecular formula is C23H22F3N6O3+. The Morgan fingerprint density at radius 3 is 2.40 bits per heavy atom. The number of ether oxygens (including phenoxy) is 1. The molecule has 35 heavy (non-hydrogen) atoms. The topological polar surface area (TPSA) is 116 Å². The number of imide groups is 1. The first-order valence-electron chi connectivity index (χ1n) is 11.3. The van der Waals surface area contributed by atoms with Crippen LogP contribution in [0.3, 0.4) is 0 Å². The zero-order valence-corrected chi connectivity index (χ0v) is 18.6. The molecule has 0 radical (unpaired) electrons. The number of anilines is 2. The summed E-state index contributed by atoms with van der Waals surface area (Å²) in [5.74, 6) is -0.212. The fraction of sp³-hybridized carbons (Fsp3) is 0.435. The smallest absolute Gasteiger partial charge is 0.419 e. The molecule has 0 unspecified atom stereocenters. The van der Waals surface area contributed by atoms with Crippen LogP contribution in [0.15, 0.2) is 30.6 Å². The lowest BCUT2D eigenvalue weighted by atomic mass is 9.75. The van der Waals surface area contributed by atoms with E-state index in [9.17, 15) is 22.8 Å². The molecule has 182 valence electrons. The summed E-state index contributed by atoms with van der Waals surface area (Å²) in [6, 6.07) is 4.49. The molecule has 2 aromatic heterocycles. The summed E-state index contributed by atoms with van der Waals surface area (Å²) in [4.78, 5) is 36.7. The summed E-state index contributed by atoms with van der Waals surface area (Å²) in [7, 11) is 0. The van der Waals surface area contributed by atoms with E-state index in [0.29, 0.717) is 41.8 Å². The van der Waals surface area contributed by atoms with Crippen LogP contribution in [-0.4, -0.2) is 46.6 Å². The van der Waals surface area contributed by atoms with Gasteiger partial charge < -0.3 is 10.1 Å². The Balaban J connectivity index is 1.46. The zero-order chi connectivity index (χ0) is 24.8. The van der Waals surface area contributed by atoms with Crippen LogP contribution in [0.5, 0.6) is 5.88 Å². The van der Waals surface area contributed by atoms with Crippen molar-refractivity contribution in [3.63, 3.8) is 0 Å². The predicted molar refractivity (Wildman–Crippen MR) is 115 cm³/mol. The van der Waals surface area contributed by atoms with Gasteiger partial charge in [-0.1, -0.05) is 0 Å². The number of carbonyl (C=O) groups excluding carboxylic acids is 2. The molecule has 2 aliphatic heterocycles. The van der Waals surface area contributed by atoms with Crippen LogP contribution < -0.4 is 19.9 Å². The molecule has 2 aromatic rings. The number of quaternary nitrogens is 1. The van der Waals surface area contributed by atoms with Crippen LogP contribution >= 0.6 is 0 Å². The third-order valence-electron chi connectivity index (χ3n) is 6.79. The largest absolute Gasteiger partial charge is 0.474 e. The van der Waals surface area contributed by atoms with Crippen molar-refractivity contribution in [1.29, 1.82) is 5.26 Å². The summed E-state index contributed by atoms with van der Waals surface area (Å²) < 4.78 is 46.3. The van der Waals surface area contributed by atoms with Gasteiger partial charge in [0.25, 0.3) is 5.91 Å². The Kier molecular flexibility index (Phi) is 5.59. The number of amides is 3. The van der Waals surface area contributed by atoms with E-state index in [1.54, 1.807) is 12.1 Å². The Hall–Kier alpha value is -3.72. The summed E-state index contributed by atoms with van der Waals surface area (Å²) in [6.45, 7) is 1.96. The molecule has 0 atom stereocenters. The molecule has 5 rings (SSSR count). The van der Waals surface area contributed by atoms with Crippen LogP contribution in [0.25, 0.3) is 0 Å². The predicted octanol–water partition coefficient (Wildman–Crippen LogP) is 2.37. The molecule has 9 nitrogen and oxygen atoms in total. The fourth-order valence-corrected chi connectivity index (χ4v) is 4.85. The molecule has 4 heterocycles. The van der Waals surface area contributed by atoms with Gasteiger partial charge in [-0.15, -0.1) is 0 Å². The van der Waals surface area contributed by atoms with Crippen molar-refractivity contribution in [2.45, 2.75) is 49.9 Å². The Bertz CT molecular complexity index is 1200. The standard InChI is InChI=1S/C23H21F3N6O3/c24-23(25,26)17-10-15(13-29-18(17)11-27)31-20(33)22(6-1-7-22)32(21(31)34)14-2-3-19(30-12-14)35-16-4-8-28-9-5-16/h2-3,10,12-13,16,28H,1,4-9H2/p+1. The molecule has 3 aliphatic rings. The number of rotatable bonds is 4. The monoisotopic (exact) mass is 487 g/mol. The summed E-state index contributed by atoms with van der Waals surface area (Å²) in [5.41, 5.74) is -3.30. The second-order valence-electron chi connectivity index (χ2n) is 8.88. The maximum Gasteiger partial charge on any atom is 0.419 e. The van der Waals surface area contributed by atoms with E-state index in [4.69, 9.17) is 10.00 Å². The number of aromatic nitrogens is 2. The van der Waals surface area contributed by atoms with Gasteiger partial charge in [-0.2, -0.15) is 18.4 Å². The second-order valence-corrected chi connectivity index (χ2v) is 8.88. The number of alkyl halides is 3. The third-order valence-corrected chi connectivity index (χ3v) is 6.79. The van der Waals surface area contributed by atoms with E-state index >= 15 is 0 Å². The van der Waals surface area contributed by atoms with Crippen LogP contribution in [0.1, 0.15) is 43.4 Å². The Morgan fingerprint density at radius 2 is 1.83 bits per heavy atom. The molecule has 1 spiro atoms. The van der Waals surface area contributed by atoms with E-state index in [0.717, 1.165) is 32.1 Å². The number of halogens is 3. The number of pyridine rings is 2. The number of nitrogens with two attached hydrogens (primary N) is 1. The van der Waals surface area contributed by atoms with E-state index < -0.39 is 34.9 Å². The van der Waals surface area contributed by atoms with Crippen LogP contribution in [0.2, 0.25) is 0 Å². The highest BCUT2D eigenvalue weighted by Crippen LogP contribution is 2.48. The summed E-state index contributed by atoms with van der Waals surface area (Å²) >= 11 is 0. The first kappa shape index (κ1) is 23.0. The van der Waals surface area contributed by atoms with Gasteiger partial charge in [0.1, 0.15) is 17.7 Å². The molecule has 0 aromatic carbocycles. The van der Waals surface area contributed by atoms with Crippen molar-refractivity contribution in [2.75, 3.05) is 22.9 Å². The number of nitriles is 1. The average molecular weight is 487 g/mol. The van der Waals surface area contributed by atoms with Gasteiger partial charge in [0.2, 0.25) is 5.88 Å². The number of carbonyl (C=O) groups is 2. The fourth-order valence-electron chi connectivity index (χ4n) is 4.85. The molecule has 0 bridgehead atoms. The first-order chi connectivity index (χ1) is 16.7. The maximum absolute atomic E-state index is 13.5.